The third-order valence-electron chi connectivity index (χ3n) is 5.29. The first kappa shape index (κ1) is 22.0. The van der Waals surface area contributed by atoms with E-state index < -0.39 is 17.8 Å². The van der Waals surface area contributed by atoms with E-state index in [0.717, 1.165) is 17.3 Å². The smallest absolute Gasteiger partial charge is 0.368 e. The predicted octanol–water partition coefficient (Wildman–Crippen LogP) is 4.61. The molecular formula is C24H22F3N3O2. The molecule has 1 atom stereocenters. The van der Waals surface area contributed by atoms with Crippen LogP contribution < -0.4 is 0 Å². The number of carbonyl (C=O) groups excluding carboxylic acids is 1. The van der Waals surface area contributed by atoms with Crippen molar-refractivity contribution < 1.29 is 22.7 Å². The minimum Gasteiger partial charge on any atom is -0.368 e. The summed E-state index contributed by atoms with van der Waals surface area (Å²) in [4.78, 5) is 23.1. The Morgan fingerprint density at radius 1 is 1.16 bits per heavy atom. The Balaban J connectivity index is 1.53. The molecule has 0 saturated carbocycles. The second-order valence-corrected chi connectivity index (χ2v) is 7.77. The largest absolute Gasteiger partial charge is 0.416 e. The number of rotatable bonds is 4. The lowest BCUT2D eigenvalue weighted by atomic mass is 10.0. The summed E-state index contributed by atoms with van der Waals surface area (Å²) < 4.78 is 45.0. The van der Waals surface area contributed by atoms with Crippen molar-refractivity contribution in [3.8, 4) is 0 Å². The van der Waals surface area contributed by atoms with Crippen LogP contribution in [0, 0.1) is 6.92 Å². The van der Waals surface area contributed by atoms with E-state index in [1.807, 2.05) is 19.1 Å². The highest BCUT2D eigenvalue weighted by atomic mass is 19.4. The quantitative estimate of drug-likeness (QED) is 0.594. The van der Waals surface area contributed by atoms with Gasteiger partial charge in [-0.2, -0.15) is 13.2 Å². The molecule has 3 aromatic rings. The van der Waals surface area contributed by atoms with Crippen molar-refractivity contribution in [3.05, 3.63) is 94.6 Å². The van der Waals surface area contributed by atoms with Crippen molar-refractivity contribution in [2.45, 2.75) is 25.6 Å². The molecule has 3 heterocycles. The van der Waals surface area contributed by atoms with Crippen molar-refractivity contribution in [2.24, 2.45) is 0 Å². The van der Waals surface area contributed by atoms with Crippen LogP contribution >= 0.6 is 0 Å². The number of carbonyl (C=O) groups is 1. The van der Waals surface area contributed by atoms with Crippen molar-refractivity contribution in [2.75, 3.05) is 19.7 Å². The number of halogens is 3. The average Bonchev–Trinajstić information content (AvgIpc) is 2.78. The van der Waals surface area contributed by atoms with Crippen LogP contribution in [-0.4, -0.2) is 40.5 Å². The first-order valence-corrected chi connectivity index (χ1v) is 10.2. The number of aryl methyl sites for hydroxylation is 1. The summed E-state index contributed by atoms with van der Waals surface area (Å²) in [5.74, 6) is -0.122. The van der Waals surface area contributed by atoms with Gasteiger partial charge < -0.3 is 9.64 Å². The number of ether oxygens (including phenoxy) is 1. The van der Waals surface area contributed by atoms with Gasteiger partial charge in [-0.05, 0) is 54.8 Å². The van der Waals surface area contributed by atoms with Gasteiger partial charge in [0, 0.05) is 24.6 Å². The van der Waals surface area contributed by atoms with Gasteiger partial charge in [-0.1, -0.05) is 18.2 Å². The van der Waals surface area contributed by atoms with Crippen LogP contribution in [0.25, 0.3) is 0 Å². The summed E-state index contributed by atoms with van der Waals surface area (Å²) in [5, 5.41) is 0. The molecular weight excluding hydrogens is 419 g/mol. The van der Waals surface area contributed by atoms with Gasteiger partial charge in [0.15, 0.2) is 0 Å². The van der Waals surface area contributed by atoms with Crippen molar-refractivity contribution >= 4 is 5.91 Å². The van der Waals surface area contributed by atoms with Crippen molar-refractivity contribution in [1.82, 2.24) is 14.9 Å². The Morgan fingerprint density at radius 3 is 2.75 bits per heavy atom. The zero-order chi connectivity index (χ0) is 22.7. The summed E-state index contributed by atoms with van der Waals surface area (Å²) >= 11 is 0. The van der Waals surface area contributed by atoms with E-state index in [0.29, 0.717) is 42.9 Å². The lowest BCUT2D eigenvalue weighted by Gasteiger charge is -2.33. The minimum absolute atomic E-state index is 0.122. The molecule has 8 heteroatoms. The maximum Gasteiger partial charge on any atom is 0.416 e. The van der Waals surface area contributed by atoms with Crippen molar-refractivity contribution in [3.63, 3.8) is 0 Å². The number of benzene rings is 1. The fourth-order valence-corrected chi connectivity index (χ4v) is 3.81. The van der Waals surface area contributed by atoms with Gasteiger partial charge in [-0.15, -0.1) is 0 Å². The van der Waals surface area contributed by atoms with Crippen molar-refractivity contribution in [1.29, 1.82) is 0 Å². The fraction of sp³-hybridized carbons (Fsp3) is 0.292. The van der Waals surface area contributed by atoms with Gasteiger partial charge in [-0.25, -0.2) is 0 Å². The maximum atomic E-state index is 13.0. The van der Waals surface area contributed by atoms with E-state index >= 15 is 0 Å². The topological polar surface area (TPSA) is 55.3 Å². The molecule has 32 heavy (non-hydrogen) atoms. The van der Waals surface area contributed by atoms with Crippen LogP contribution in [0.2, 0.25) is 0 Å². The highest BCUT2D eigenvalue weighted by Crippen LogP contribution is 2.30. The standard InChI is InChI=1S/C24H22F3N3O2/c1-16-10-18(11-17-4-2-6-20(12-17)24(25,26)27)13-21(29-16)22-15-30(8-9-32-22)23(31)19-5-3-7-28-14-19/h2-7,10,12-14,22H,8-9,11,15H2,1H3/t22-/m1/s1. The van der Waals surface area contributed by atoms with Crippen LogP contribution in [0.5, 0.6) is 0 Å². The van der Waals surface area contributed by atoms with Gasteiger partial charge in [0.25, 0.3) is 5.91 Å². The summed E-state index contributed by atoms with van der Waals surface area (Å²) in [6.45, 7) is 3.01. The second kappa shape index (κ2) is 9.08. The maximum absolute atomic E-state index is 13.0. The van der Waals surface area contributed by atoms with Crippen LogP contribution in [0.15, 0.2) is 60.9 Å². The van der Waals surface area contributed by atoms with Crippen LogP contribution in [0.3, 0.4) is 0 Å². The third kappa shape index (κ3) is 5.13. The number of alkyl halides is 3. The SMILES string of the molecule is Cc1cc(Cc2cccc(C(F)(F)F)c2)cc([C@H]2CN(C(=O)c3cccnc3)CCO2)n1. The number of aromatic nitrogens is 2. The number of pyridine rings is 2. The summed E-state index contributed by atoms with van der Waals surface area (Å²) in [7, 11) is 0. The lowest BCUT2D eigenvalue weighted by molar-refractivity contribution is -0.137. The molecule has 1 aromatic carbocycles. The number of amides is 1. The van der Waals surface area contributed by atoms with Gasteiger partial charge in [0.05, 0.1) is 30.0 Å². The highest BCUT2D eigenvalue weighted by molar-refractivity contribution is 5.93. The molecule has 0 bridgehead atoms. The molecule has 1 aliphatic heterocycles. The molecule has 1 saturated heterocycles. The van der Waals surface area contributed by atoms with Gasteiger partial charge >= 0.3 is 6.18 Å². The molecule has 2 aromatic heterocycles. The van der Waals surface area contributed by atoms with Crippen LogP contribution in [-0.2, 0) is 17.3 Å². The minimum atomic E-state index is -4.38. The first-order valence-electron chi connectivity index (χ1n) is 10.2. The number of hydrogen-bond acceptors (Lipinski definition) is 4. The molecule has 1 aliphatic rings. The summed E-state index contributed by atoms with van der Waals surface area (Å²) in [5.41, 5.74) is 2.65. The van der Waals surface area contributed by atoms with E-state index in [1.54, 1.807) is 29.3 Å². The number of nitrogens with zero attached hydrogens (tertiary/aromatic N) is 3. The van der Waals surface area contributed by atoms with Gasteiger partial charge in [0.1, 0.15) is 6.10 Å². The Bertz CT molecular complexity index is 1100. The molecule has 5 nitrogen and oxygen atoms in total. The zero-order valence-electron chi connectivity index (χ0n) is 17.5. The molecule has 0 N–H and O–H groups in total. The van der Waals surface area contributed by atoms with E-state index in [-0.39, 0.29) is 5.91 Å². The molecule has 166 valence electrons. The predicted molar refractivity (Wildman–Crippen MR) is 112 cm³/mol. The van der Waals surface area contributed by atoms with E-state index in [2.05, 4.69) is 9.97 Å². The normalized spacial score (nSPS) is 16.8. The second-order valence-electron chi connectivity index (χ2n) is 7.77. The molecule has 0 aliphatic carbocycles. The average molecular weight is 441 g/mol. The Labute approximate surface area is 183 Å². The Morgan fingerprint density at radius 2 is 2.00 bits per heavy atom. The van der Waals surface area contributed by atoms with E-state index in [4.69, 9.17) is 4.74 Å². The van der Waals surface area contributed by atoms with E-state index in [1.165, 1.54) is 18.3 Å². The third-order valence-corrected chi connectivity index (χ3v) is 5.29. The molecule has 1 fully saturated rings. The van der Waals surface area contributed by atoms with Gasteiger partial charge in [0.2, 0.25) is 0 Å². The number of hydrogen-bond donors (Lipinski definition) is 0. The monoisotopic (exact) mass is 441 g/mol. The molecule has 1 amide bonds. The van der Waals surface area contributed by atoms with E-state index in [9.17, 15) is 18.0 Å². The molecule has 0 unspecified atom stereocenters. The fourth-order valence-electron chi connectivity index (χ4n) is 3.81. The lowest BCUT2D eigenvalue weighted by Crippen LogP contribution is -2.42. The Kier molecular flexibility index (Phi) is 6.23. The zero-order valence-corrected chi connectivity index (χ0v) is 17.5. The molecule has 4 rings (SSSR count). The number of morpholine rings is 1. The van der Waals surface area contributed by atoms with Crippen LogP contribution in [0.4, 0.5) is 13.2 Å². The van der Waals surface area contributed by atoms with Gasteiger partial charge in [-0.3, -0.25) is 14.8 Å². The summed E-state index contributed by atoms with van der Waals surface area (Å²) in [6, 6.07) is 12.5. The molecule has 0 radical (unpaired) electrons. The Hall–Kier alpha value is -3.26. The molecule has 0 spiro atoms. The van der Waals surface area contributed by atoms with Crippen LogP contribution in [0.1, 0.15) is 44.5 Å². The highest BCUT2D eigenvalue weighted by Gasteiger charge is 2.30. The summed E-state index contributed by atoms with van der Waals surface area (Å²) in [6.07, 6.45) is -1.31. The first-order chi connectivity index (χ1) is 15.3.